The van der Waals surface area contributed by atoms with Gasteiger partial charge in [-0.25, -0.2) is 9.59 Å². The van der Waals surface area contributed by atoms with Crippen LogP contribution in [0.1, 0.15) is 75.7 Å². The van der Waals surface area contributed by atoms with Crippen molar-refractivity contribution in [1.82, 2.24) is 20.6 Å². The number of amides is 2. The summed E-state index contributed by atoms with van der Waals surface area (Å²) in [6.45, 7) is -1.06. The minimum absolute atomic E-state index is 0.127. The highest BCUT2D eigenvalue weighted by molar-refractivity contribution is 5.92. The third-order valence-corrected chi connectivity index (χ3v) is 13.1. The largest absolute Gasteiger partial charge is 0.477 e. The van der Waals surface area contributed by atoms with E-state index in [2.05, 4.69) is 20.4 Å². The molecule has 0 spiro atoms. The van der Waals surface area contributed by atoms with Gasteiger partial charge in [0, 0.05) is 32.4 Å². The fourth-order valence-corrected chi connectivity index (χ4v) is 9.08. The number of hydrogen-bond donors (Lipinski definition) is 16. The molecule has 16 N–H and O–H groups in total. The average molecular weight is 1090 g/mol. The van der Waals surface area contributed by atoms with Gasteiger partial charge in [-0.2, -0.15) is 0 Å². The van der Waals surface area contributed by atoms with Crippen LogP contribution in [0.4, 0.5) is 0 Å². The zero-order valence-corrected chi connectivity index (χ0v) is 41.1. The van der Waals surface area contributed by atoms with Crippen molar-refractivity contribution in [1.29, 1.82) is 0 Å². The molecule has 9 unspecified atom stereocenters. The first kappa shape index (κ1) is 61.7. The van der Waals surface area contributed by atoms with Crippen LogP contribution in [0.25, 0.3) is 0 Å². The fraction of sp³-hybridized carbons (Fsp3) is 0.818. The first-order valence-corrected chi connectivity index (χ1v) is 24.2. The lowest BCUT2D eigenvalue weighted by atomic mass is 9.88. The zero-order chi connectivity index (χ0) is 55.5. The SMILES string of the molecule is COC(=O)CCCCCCCCO[C@@H]1OC(CO)[C@@H](O[C@@H]2O[C@@H](C)[C@@H](O)C(O)C2O)[C@H](O[C@@H]2OC(CO)[C@H](O)C(O[C@]3(C(=O)O)CC(O)[C@@H](NC(C)=O)C([C@H](O)[C@H](O)CO)O3)C2O)C1NC(=O)c1cc(=O)[nH]c(=O)[nH]1. The molecule has 5 rings (SSSR count). The topological polar surface area (TPSA) is 484 Å². The molecule has 0 aliphatic carbocycles. The van der Waals surface area contributed by atoms with E-state index in [1.807, 2.05) is 4.98 Å². The van der Waals surface area contributed by atoms with E-state index in [1.165, 1.54) is 14.0 Å². The molecule has 4 saturated heterocycles. The summed E-state index contributed by atoms with van der Waals surface area (Å²) in [5.74, 6) is -7.66. The number of unbranched alkanes of at least 4 members (excludes halogenated alkanes) is 5. The molecule has 4 aliphatic heterocycles. The maximum absolute atomic E-state index is 14.0. The number of carboxylic acids is 1. The normalized spacial score (nSPS) is 37.0. The summed E-state index contributed by atoms with van der Waals surface area (Å²) in [4.78, 5) is 79.5. The predicted octanol–water partition coefficient (Wildman–Crippen LogP) is -7.63. The van der Waals surface area contributed by atoms with Crippen LogP contribution in [0, 0.1) is 0 Å². The van der Waals surface area contributed by atoms with Gasteiger partial charge in [-0.05, 0) is 19.8 Å². The van der Waals surface area contributed by atoms with Crippen LogP contribution in [0.5, 0.6) is 0 Å². The number of hydrogen-bond acceptors (Lipinski definition) is 26. The fourth-order valence-electron chi connectivity index (χ4n) is 9.08. The number of H-pyrrole nitrogens is 2. The molecule has 75 heavy (non-hydrogen) atoms. The number of carboxylic acid groups (broad SMARTS) is 1. The third-order valence-electron chi connectivity index (χ3n) is 13.1. The van der Waals surface area contributed by atoms with Crippen molar-refractivity contribution in [3.63, 3.8) is 0 Å². The zero-order valence-electron chi connectivity index (χ0n) is 41.1. The summed E-state index contributed by atoms with van der Waals surface area (Å²) >= 11 is 0. The Balaban J connectivity index is 1.55. The van der Waals surface area contributed by atoms with Gasteiger partial charge in [0.1, 0.15) is 91.1 Å². The number of esters is 1. The second-order valence-corrected chi connectivity index (χ2v) is 18.6. The molecule has 1 aromatic rings. The van der Waals surface area contributed by atoms with Crippen molar-refractivity contribution >= 4 is 23.8 Å². The van der Waals surface area contributed by atoms with Gasteiger partial charge in [0.05, 0.1) is 45.2 Å². The first-order valence-electron chi connectivity index (χ1n) is 24.2. The van der Waals surface area contributed by atoms with Crippen LogP contribution in [0.15, 0.2) is 15.7 Å². The number of carbonyl (C=O) groups is 4. The summed E-state index contributed by atoms with van der Waals surface area (Å²) in [5.41, 5.74) is -2.76. The molecule has 0 bridgehead atoms. The number of rotatable bonds is 25. The number of carbonyl (C=O) groups excluding carboxylic acids is 3. The molecule has 31 nitrogen and oxygen atoms in total. The number of ether oxygens (including phenoxy) is 9. The molecule has 0 saturated carbocycles. The van der Waals surface area contributed by atoms with Crippen molar-refractivity contribution in [2.45, 2.75) is 194 Å². The Bertz CT molecular complexity index is 2110. The van der Waals surface area contributed by atoms with Gasteiger partial charge in [0.15, 0.2) is 18.9 Å². The molecule has 2 amide bonds. The number of methoxy groups -OCH3 is 1. The number of aromatic amines is 2. The Kier molecular flexibility index (Phi) is 22.9. The molecular formula is C44H70N4O27. The van der Waals surface area contributed by atoms with E-state index < -0.39 is 189 Å². The molecule has 0 aromatic carbocycles. The maximum Gasteiger partial charge on any atom is 0.364 e. The number of aliphatic hydroxyl groups is 11. The van der Waals surface area contributed by atoms with Gasteiger partial charge in [-0.1, -0.05) is 25.7 Å². The third kappa shape index (κ3) is 15.3. The quantitative estimate of drug-likeness (QED) is 0.0319. The van der Waals surface area contributed by atoms with E-state index in [1.54, 1.807) is 0 Å². The smallest absolute Gasteiger partial charge is 0.364 e. The molecule has 4 fully saturated rings. The predicted molar refractivity (Wildman–Crippen MR) is 242 cm³/mol. The van der Waals surface area contributed by atoms with Gasteiger partial charge in [-0.3, -0.25) is 24.2 Å². The number of aliphatic carboxylic acids is 1. The summed E-state index contributed by atoms with van der Waals surface area (Å²) in [6, 6.07) is -2.76. The summed E-state index contributed by atoms with van der Waals surface area (Å²) in [7, 11) is 1.29. The van der Waals surface area contributed by atoms with E-state index in [0.717, 1.165) is 13.3 Å². The second kappa shape index (κ2) is 27.9. The van der Waals surface area contributed by atoms with Crippen LogP contribution in [-0.4, -0.2) is 257 Å². The minimum Gasteiger partial charge on any atom is -0.477 e. The van der Waals surface area contributed by atoms with Crippen molar-refractivity contribution < 1.29 is 123 Å². The van der Waals surface area contributed by atoms with E-state index in [-0.39, 0.29) is 19.0 Å². The minimum atomic E-state index is -3.21. The van der Waals surface area contributed by atoms with Crippen molar-refractivity contribution in [3.05, 3.63) is 32.6 Å². The van der Waals surface area contributed by atoms with Gasteiger partial charge in [0.2, 0.25) is 5.91 Å². The second-order valence-electron chi connectivity index (χ2n) is 18.6. The average Bonchev–Trinajstić information content (AvgIpc) is 3.37. The van der Waals surface area contributed by atoms with E-state index >= 15 is 0 Å². The Morgan fingerprint density at radius 1 is 0.760 bits per heavy atom. The van der Waals surface area contributed by atoms with Gasteiger partial charge < -0.3 is 120 Å². The lowest BCUT2D eigenvalue weighted by Gasteiger charge is -2.51. The molecule has 0 radical (unpaired) electrons. The van der Waals surface area contributed by atoms with E-state index in [9.17, 15) is 90.0 Å². The van der Waals surface area contributed by atoms with Crippen LogP contribution >= 0.6 is 0 Å². The van der Waals surface area contributed by atoms with E-state index in [4.69, 9.17) is 37.9 Å². The number of nitrogens with one attached hydrogen (secondary N) is 4. The molecule has 21 atom stereocenters. The highest BCUT2D eigenvalue weighted by Gasteiger charge is 2.61. The lowest BCUT2D eigenvalue weighted by Crippen LogP contribution is -2.71. The van der Waals surface area contributed by atoms with Crippen molar-refractivity contribution in [3.8, 4) is 0 Å². The highest BCUT2D eigenvalue weighted by Crippen LogP contribution is 2.39. The first-order chi connectivity index (χ1) is 35.5. The lowest BCUT2D eigenvalue weighted by molar-refractivity contribution is -0.390. The summed E-state index contributed by atoms with van der Waals surface area (Å²) < 4.78 is 52.4. The summed E-state index contributed by atoms with van der Waals surface area (Å²) in [5, 5.41) is 135. The van der Waals surface area contributed by atoms with Crippen LogP contribution < -0.4 is 21.9 Å². The standard InChI is InChI=1S/C44H70N4O27/c1-17-28(57)31(60)32(61)40(69-17)72-34-23(16-51)71-39(68-11-9-7-5-4-6-8-10-25(56)67-3)27(48-38(63)19-12-24(55)47-43(66)46-19)36(34)73-41-33(62)37(30(59)22(15-50)70-41)75-44(42(64)65)13-20(53)26(45-18(2)52)35(74-44)29(58)21(54)14-49/h12,17,20-23,26-37,39-41,49-51,53-54,57-62H,4-11,13-16H2,1-3H3,(H,45,52)(H,48,63)(H,64,65)(H2,46,47,55,66)/t17-,20?,21+,22?,23?,26+,27?,28+,29+,30-,31?,32?,33?,34+,35?,36+,37?,39+,40-,41-,44-/m0/s1. The molecule has 5 heterocycles. The van der Waals surface area contributed by atoms with Gasteiger partial charge in [0.25, 0.3) is 17.3 Å². The van der Waals surface area contributed by atoms with Crippen LogP contribution in [0.3, 0.4) is 0 Å². The Morgan fingerprint density at radius 2 is 1.39 bits per heavy atom. The monoisotopic (exact) mass is 1090 g/mol. The van der Waals surface area contributed by atoms with Gasteiger partial charge in [-0.15, -0.1) is 0 Å². The Labute approximate surface area is 426 Å². The summed E-state index contributed by atoms with van der Waals surface area (Å²) in [6.07, 6.45) is -32.7. The Hall–Kier alpha value is -4.20. The number of aromatic nitrogens is 2. The maximum atomic E-state index is 14.0. The van der Waals surface area contributed by atoms with Gasteiger partial charge >= 0.3 is 17.6 Å². The molecule has 31 heteroatoms. The van der Waals surface area contributed by atoms with Crippen LogP contribution in [0.2, 0.25) is 0 Å². The molecule has 1 aromatic heterocycles. The van der Waals surface area contributed by atoms with E-state index in [0.29, 0.717) is 38.2 Å². The number of aliphatic hydroxyl groups excluding tert-OH is 11. The van der Waals surface area contributed by atoms with Crippen LogP contribution in [-0.2, 0) is 57.0 Å². The highest BCUT2D eigenvalue weighted by atomic mass is 16.8. The molecule has 428 valence electrons. The Morgan fingerprint density at radius 3 is 2.00 bits per heavy atom. The van der Waals surface area contributed by atoms with Crippen molar-refractivity contribution in [2.24, 2.45) is 0 Å². The van der Waals surface area contributed by atoms with Crippen molar-refractivity contribution in [2.75, 3.05) is 33.5 Å². The molecule has 4 aliphatic rings. The molecular weight excluding hydrogens is 1020 g/mol.